The Balaban J connectivity index is 1.38. The molecule has 0 unspecified atom stereocenters. The second-order valence-corrected chi connectivity index (χ2v) is 8.57. The van der Waals surface area contributed by atoms with Gasteiger partial charge in [0.05, 0.1) is 17.7 Å². The summed E-state index contributed by atoms with van der Waals surface area (Å²) < 4.78 is 2.00. The van der Waals surface area contributed by atoms with Crippen LogP contribution in [0.15, 0.2) is 55.0 Å². The number of rotatable bonds is 3. The van der Waals surface area contributed by atoms with E-state index in [9.17, 15) is 14.4 Å². The van der Waals surface area contributed by atoms with Crippen molar-refractivity contribution in [3.8, 4) is 22.5 Å². The number of carbonyl (C=O) groups is 3. The summed E-state index contributed by atoms with van der Waals surface area (Å²) in [5, 5.41) is 3.46. The van der Waals surface area contributed by atoms with E-state index in [-0.39, 0.29) is 18.2 Å². The second kappa shape index (κ2) is 7.16. The number of benzene rings is 2. The van der Waals surface area contributed by atoms with Gasteiger partial charge in [-0.1, -0.05) is 24.3 Å². The van der Waals surface area contributed by atoms with Crippen molar-refractivity contribution < 1.29 is 14.4 Å². The van der Waals surface area contributed by atoms with Crippen LogP contribution in [0.2, 0.25) is 0 Å². The van der Waals surface area contributed by atoms with Gasteiger partial charge in [0.25, 0.3) is 5.91 Å². The van der Waals surface area contributed by atoms with E-state index in [0.717, 1.165) is 39.0 Å². The van der Waals surface area contributed by atoms with Crippen LogP contribution in [0, 0.1) is 0 Å². The Kier molecular flexibility index (Phi) is 4.23. The lowest BCUT2D eigenvalue weighted by molar-refractivity contribution is -0.136. The van der Waals surface area contributed by atoms with E-state index < -0.39 is 11.9 Å². The first kappa shape index (κ1) is 19.5. The van der Waals surface area contributed by atoms with E-state index in [1.807, 2.05) is 54.2 Å². The fraction of sp³-hybridized carbons (Fsp3) is 0.200. The molecule has 2 aliphatic heterocycles. The van der Waals surface area contributed by atoms with Gasteiger partial charge in [-0.2, -0.15) is 0 Å². The topological polar surface area (TPSA) is 100 Å². The third-order valence-corrected chi connectivity index (χ3v) is 6.58. The monoisotopic (exact) mass is 439 g/mol. The third-order valence-electron chi connectivity index (χ3n) is 6.58. The number of aromatic amines is 1. The van der Waals surface area contributed by atoms with Gasteiger partial charge in [0.1, 0.15) is 6.04 Å². The van der Waals surface area contributed by atoms with Gasteiger partial charge in [0, 0.05) is 53.8 Å². The van der Waals surface area contributed by atoms with Crippen LogP contribution in [0.25, 0.3) is 33.4 Å². The number of imide groups is 1. The molecule has 0 aliphatic carbocycles. The first-order valence-electron chi connectivity index (χ1n) is 10.9. The third kappa shape index (κ3) is 2.98. The van der Waals surface area contributed by atoms with E-state index in [2.05, 4.69) is 21.4 Å². The summed E-state index contributed by atoms with van der Waals surface area (Å²) in [6.07, 6.45) is 4.37. The van der Waals surface area contributed by atoms with Crippen molar-refractivity contribution in [3.63, 3.8) is 0 Å². The van der Waals surface area contributed by atoms with E-state index in [1.54, 1.807) is 11.2 Å². The van der Waals surface area contributed by atoms with Crippen LogP contribution in [-0.2, 0) is 23.2 Å². The van der Waals surface area contributed by atoms with Crippen molar-refractivity contribution in [2.24, 2.45) is 7.05 Å². The Morgan fingerprint density at radius 3 is 2.76 bits per heavy atom. The lowest BCUT2D eigenvalue weighted by atomic mass is 10.0. The predicted octanol–water partition coefficient (Wildman–Crippen LogP) is 3.00. The van der Waals surface area contributed by atoms with Crippen LogP contribution in [0.1, 0.15) is 28.8 Å². The van der Waals surface area contributed by atoms with Gasteiger partial charge in [-0.05, 0) is 30.2 Å². The lowest BCUT2D eigenvalue weighted by Gasteiger charge is -2.29. The van der Waals surface area contributed by atoms with Crippen molar-refractivity contribution in [2.45, 2.75) is 25.4 Å². The van der Waals surface area contributed by atoms with Crippen molar-refractivity contribution in [1.29, 1.82) is 0 Å². The Bertz CT molecular complexity index is 1460. The highest BCUT2D eigenvalue weighted by Crippen LogP contribution is 2.37. The molecular weight excluding hydrogens is 418 g/mol. The number of hydrogen-bond acceptors (Lipinski definition) is 4. The van der Waals surface area contributed by atoms with Gasteiger partial charge in [-0.3, -0.25) is 19.7 Å². The van der Waals surface area contributed by atoms with Gasteiger partial charge < -0.3 is 14.5 Å². The molecule has 164 valence electrons. The molecule has 6 rings (SSSR count). The summed E-state index contributed by atoms with van der Waals surface area (Å²) in [6, 6.07) is 13.2. The SMILES string of the molecule is Cn1cnc(-c2ccc3c(c2)CN([C@H]2CCC(=O)NC2=O)C3=O)c1-c1c[nH]c2ccccc12. The highest BCUT2D eigenvalue weighted by molar-refractivity contribution is 6.06. The van der Waals surface area contributed by atoms with E-state index in [4.69, 9.17) is 0 Å². The average molecular weight is 439 g/mol. The standard InChI is InChI=1S/C25H21N5O3/c1-29-13-27-22(23(29)18-11-26-19-5-3-2-4-17(18)19)14-6-7-16-15(10-14)12-30(25(16)33)20-8-9-21(31)28-24(20)32/h2-7,10-11,13,20,26H,8-9,12H2,1H3,(H,28,31,32)/t20-/m0/s1. The molecule has 33 heavy (non-hydrogen) atoms. The van der Waals surface area contributed by atoms with Crippen molar-refractivity contribution in [1.82, 2.24) is 24.8 Å². The van der Waals surface area contributed by atoms with E-state index in [1.165, 1.54) is 0 Å². The largest absolute Gasteiger partial charge is 0.360 e. The second-order valence-electron chi connectivity index (χ2n) is 8.57. The molecule has 0 bridgehead atoms. The Morgan fingerprint density at radius 2 is 1.91 bits per heavy atom. The minimum atomic E-state index is -0.623. The van der Waals surface area contributed by atoms with Crippen LogP contribution >= 0.6 is 0 Å². The Morgan fingerprint density at radius 1 is 1.06 bits per heavy atom. The first-order valence-corrected chi connectivity index (χ1v) is 10.9. The molecule has 4 heterocycles. The predicted molar refractivity (Wildman–Crippen MR) is 122 cm³/mol. The van der Waals surface area contributed by atoms with Crippen LogP contribution in [-0.4, -0.2) is 43.2 Å². The van der Waals surface area contributed by atoms with Crippen molar-refractivity contribution >= 4 is 28.6 Å². The van der Waals surface area contributed by atoms with Crippen molar-refractivity contribution in [3.05, 3.63) is 66.1 Å². The minimum Gasteiger partial charge on any atom is -0.360 e. The molecule has 1 fully saturated rings. The molecule has 1 saturated heterocycles. The first-order chi connectivity index (χ1) is 16.0. The Labute approximate surface area is 189 Å². The Hall–Kier alpha value is -4.20. The lowest BCUT2D eigenvalue weighted by Crippen LogP contribution is -2.52. The maximum Gasteiger partial charge on any atom is 0.255 e. The number of nitrogens with one attached hydrogen (secondary N) is 2. The van der Waals surface area contributed by atoms with Crippen LogP contribution in [0.3, 0.4) is 0 Å². The quantitative estimate of drug-likeness (QED) is 0.479. The average Bonchev–Trinajstić information content (AvgIpc) is 3.49. The molecule has 0 spiro atoms. The number of para-hydroxylation sites is 1. The summed E-state index contributed by atoms with van der Waals surface area (Å²) in [5.41, 5.74) is 6.29. The number of H-pyrrole nitrogens is 1. The van der Waals surface area contributed by atoms with E-state index in [0.29, 0.717) is 18.5 Å². The van der Waals surface area contributed by atoms with Crippen LogP contribution in [0.5, 0.6) is 0 Å². The maximum atomic E-state index is 13.0. The highest BCUT2D eigenvalue weighted by Gasteiger charge is 2.39. The molecule has 2 N–H and O–H groups in total. The summed E-state index contributed by atoms with van der Waals surface area (Å²) >= 11 is 0. The zero-order chi connectivity index (χ0) is 22.7. The number of aromatic nitrogens is 3. The number of carbonyl (C=O) groups excluding carboxylic acids is 3. The molecule has 3 amide bonds. The number of piperidine rings is 1. The number of hydrogen-bond donors (Lipinski definition) is 2. The normalized spacial score (nSPS) is 18.2. The van der Waals surface area contributed by atoms with Crippen LogP contribution < -0.4 is 5.32 Å². The number of imidazole rings is 1. The highest BCUT2D eigenvalue weighted by atomic mass is 16.2. The van der Waals surface area contributed by atoms with Gasteiger partial charge >= 0.3 is 0 Å². The molecule has 0 saturated carbocycles. The number of nitrogens with zero attached hydrogens (tertiary/aromatic N) is 3. The van der Waals surface area contributed by atoms with Gasteiger partial charge in [0.2, 0.25) is 11.8 Å². The van der Waals surface area contributed by atoms with Gasteiger partial charge in [-0.15, -0.1) is 0 Å². The fourth-order valence-electron chi connectivity index (χ4n) is 4.95. The molecule has 1 atom stereocenters. The summed E-state index contributed by atoms with van der Waals surface area (Å²) in [6.45, 7) is 0.337. The molecule has 8 heteroatoms. The zero-order valence-corrected chi connectivity index (χ0v) is 18.0. The smallest absolute Gasteiger partial charge is 0.255 e. The number of fused-ring (bicyclic) bond motifs is 2. The zero-order valence-electron chi connectivity index (χ0n) is 18.0. The summed E-state index contributed by atoms with van der Waals surface area (Å²) in [5.74, 6) is -0.870. The molecule has 8 nitrogen and oxygen atoms in total. The maximum absolute atomic E-state index is 13.0. The van der Waals surface area contributed by atoms with Crippen LogP contribution in [0.4, 0.5) is 0 Å². The molecule has 4 aromatic rings. The number of aryl methyl sites for hydroxylation is 1. The van der Waals surface area contributed by atoms with Gasteiger partial charge in [0.15, 0.2) is 0 Å². The minimum absolute atomic E-state index is 0.177. The molecule has 2 aromatic carbocycles. The fourth-order valence-corrected chi connectivity index (χ4v) is 4.95. The van der Waals surface area contributed by atoms with Gasteiger partial charge in [-0.25, -0.2) is 4.98 Å². The molecule has 2 aromatic heterocycles. The van der Waals surface area contributed by atoms with Crippen molar-refractivity contribution in [2.75, 3.05) is 0 Å². The molecular formula is C25H21N5O3. The summed E-state index contributed by atoms with van der Waals surface area (Å²) in [7, 11) is 1.97. The van der Waals surface area contributed by atoms with E-state index >= 15 is 0 Å². The molecule has 0 radical (unpaired) electrons. The number of amides is 3. The summed E-state index contributed by atoms with van der Waals surface area (Å²) in [4.78, 5) is 46.4. The molecule has 2 aliphatic rings.